The van der Waals surface area contributed by atoms with Crippen molar-refractivity contribution < 1.29 is 14.7 Å². The van der Waals surface area contributed by atoms with Crippen LogP contribution >= 0.6 is 0 Å². The molecule has 0 radical (unpaired) electrons. The SMILES string of the molecule is CCN(CC)CCNC(=O)c1ccc(NC(=O)/C=C/c2ccc(O)cc2)cc1. The number of nitrogens with one attached hydrogen (secondary N) is 2. The average Bonchev–Trinajstić information content (AvgIpc) is 2.71. The van der Waals surface area contributed by atoms with Crippen molar-refractivity contribution in [2.45, 2.75) is 13.8 Å². The molecule has 0 spiro atoms. The summed E-state index contributed by atoms with van der Waals surface area (Å²) in [5.74, 6) is -0.222. The minimum absolute atomic E-state index is 0.128. The van der Waals surface area contributed by atoms with E-state index in [-0.39, 0.29) is 17.6 Å². The van der Waals surface area contributed by atoms with Gasteiger partial charge in [0.25, 0.3) is 5.91 Å². The summed E-state index contributed by atoms with van der Waals surface area (Å²) in [6.45, 7) is 7.53. The number of aromatic hydroxyl groups is 1. The third-order valence-corrected chi connectivity index (χ3v) is 4.34. The van der Waals surface area contributed by atoms with E-state index in [1.165, 1.54) is 6.08 Å². The molecule has 0 aliphatic carbocycles. The van der Waals surface area contributed by atoms with Gasteiger partial charge in [-0.3, -0.25) is 9.59 Å². The van der Waals surface area contributed by atoms with Crippen LogP contribution in [0, 0.1) is 0 Å². The Labute approximate surface area is 165 Å². The minimum atomic E-state index is -0.274. The van der Waals surface area contributed by atoms with Crippen molar-refractivity contribution in [2.24, 2.45) is 0 Å². The Hall–Kier alpha value is -3.12. The smallest absolute Gasteiger partial charge is 0.251 e. The zero-order valence-electron chi connectivity index (χ0n) is 16.3. The Balaban J connectivity index is 1.83. The lowest BCUT2D eigenvalue weighted by Gasteiger charge is -2.17. The standard InChI is InChI=1S/C22H27N3O3/c1-3-25(4-2)16-15-23-22(28)18-8-10-19(11-9-18)24-21(27)14-7-17-5-12-20(26)13-6-17/h5-14,26H,3-4,15-16H2,1-2H3,(H,23,28)(H,24,27)/b14-7+. The van der Waals surface area contributed by atoms with Gasteiger partial charge in [0.2, 0.25) is 5.91 Å². The van der Waals surface area contributed by atoms with Gasteiger partial charge in [-0.25, -0.2) is 0 Å². The molecule has 3 N–H and O–H groups in total. The molecule has 0 aromatic heterocycles. The van der Waals surface area contributed by atoms with Crippen LogP contribution in [0.5, 0.6) is 5.75 Å². The van der Waals surface area contributed by atoms with E-state index in [9.17, 15) is 14.7 Å². The first kappa shape index (κ1) is 21.2. The molecule has 0 saturated carbocycles. The fraction of sp³-hybridized carbons (Fsp3) is 0.273. The highest BCUT2D eigenvalue weighted by Crippen LogP contribution is 2.12. The number of rotatable bonds is 9. The molecule has 0 unspecified atom stereocenters. The summed E-state index contributed by atoms with van der Waals surface area (Å²) in [4.78, 5) is 26.4. The van der Waals surface area contributed by atoms with Crippen LogP contribution in [0.1, 0.15) is 29.8 Å². The van der Waals surface area contributed by atoms with Gasteiger partial charge >= 0.3 is 0 Å². The van der Waals surface area contributed by atoms with Crippen LogP contribution in [0.2, 0.25) is 0 Å². The molecule has 6 heteroatoms. The summed E-state index contributed by atoms with van der Waals surface area (Å²) in [6.07, 6.45) is 3.08. The first-order valence-corrected chi connectivity index (χ1v) is 9.40. The number of benzene rings is 2. The Bertz CT molecular complexity index is 795. The largest absolute Gasteiger partial charge is 0.508 e. The van der Waals surface area contributed by atoms with Crippen LogP contribution in [-0.2, 0) is 4.79 Å². The van der Waals surface area contributed by atoms with Crippen molar-refractivity contribution in [1.29, 1.82) is 0 Å². The lowest BCUT2D eigenvalue weighted by molar-refractivity contribution is -0.111. The number of phenols is 1. The number of carbonyl (C=O) groups excluding carboxylic acids is 2. The maximum absolute atomic E-state index is 12.2. The highest BCUT2D eigenvalue weighted by atomic mass is 16.3. The van der Waals surface area contributed by atoms with Crippen LogP contribution in [0.4, 0.5) is 5.69 Å². The normalized spacial score (nSPS) is 11.0. The van der Waals surface area contributed by atoms with Crippen LogP contribution in [0.25, 0.3) is 6.08 Å². The second-order valence-corrected chi connectivity index (χ2v) is 6.27. The predicted molar refractivity (Wildman–Crippen MR) is 112 cm³/mol. The molecular weight excluding hydrogens is 354 g/mol. The number of hydrogen-bond acceptors (Lipinski definition) is 4. The van der Waals surface area contributed by atoms with Gasteiger partial charge in [0, 0.05) is 30.4 Å². The van der Waals surface area contributed by atoms with Gasteiger partial charge in [-0.15, -0.1) is 0 Å². The van der Waals surface area contributed by atoms with Gasteiger partial charge in [0.05, 0.1) is 0 Å². The molecular formula is C22H27N3O3. The van der Waals surface area contributed by atoms with E-state index in [1.807, 2.05) is 0 Å². The average molecular weight is 381 g/mol. The third-order valence-electron chi connectivity index (χ3n) is 4.34. The number of amides is 2. The molecule has 28 heavy (non-hydrogen) atoms. The molecule has 0 heterocycles. The minimum Gasteiger partial charge on any atom is -0.508 e. The third kappa shape index (κ3) is 6.89. The Morgan fingerprint density at radius 2 is 1.64 bits per heavy atom. The number of anilines is 1. The first-order valence-electron chi connectivity index (χ1n) is 9.40. The molecule has 2 rings (SSSR count). The zero-order chi connectivity index (χ0) is 20.4. The highest BCUT2D eigenvalue weighted by Gasteiger charge is 2.06. The van der Waals surface area contributed by atoms with Crippen molar-refractivity contribution in [3.05, 3.63) is 65.7 Å². The summed E-state index contributed by atoms with van der Waals surface area (Å²) in [5, 5.41) is 14.9. The second kappa shape index (κ2) is 10.9. The molecule has 0 fully saturated rings. The van der Waals surface area contributed by atoms with E-state index in [2.05, 4.69) is 29.4 Å². The molecule has 0 atom stereocenters. The number of likely N-dealkylation sites (N-methyl/N-ethyl adjacent to an activating group) is 1. The van der Waals surface area contributed by atoms with Gasteiger partial charge in [0.1, 0.15) is 5.75 Å². The number of hydrogen-bond donors (Lipinski definition) is 3. The van der Waals surface area contributed by atoms with Gasteiger partial charge in [-0.2, -0.15) is 0 Å². The Morgan fingerprint density at radius 1 is 1.00 bits per heavy atom. The van der Waals surface area contributed by atoms with Gasteiger partial charge < -0.3 is 20.6 Å². The molecule has 0 aliphatic rings. The van der Waals surface area contributed by atoms with E-state index in [4.69, 9.17) is 0 Å². The lowest BCUT2D eigenvalue weighted by Crippen LogP contribution is -2.34. The van der Waals surface area contributed by atoms with E-state index in [0.717, 1.165) is 25.2 Å². The number of nitrogens with zero attached hydrogens (tertiary/aromatic N) is 1. The van der Waals surface area contributed by atoms with E-state index < -0.39 is 0 Å². The van der Waals surface area contributed by atoms with Crippen molar-refractivity contribution in [1.82, 2.24) is 10.2 Å². The quantitative estimate of drug-likeness (QED) is 0.583. The summed E-state index contributed by atoms with van der Waals surface area (Å²) in [7, 11) is 0. The predicted octanol–water partition coefficient (Wildman–Crippen LogP) is 3.12. The van der Waals surface area contributed by atoms with Gasteiger partial charge in [-0.1, -0.05) is 26.0 Å². The monoisotopic (exact) mass is 381 g/mol. The fourth-order valence-corrected chi connectivity index (χ4v) is 2.62. The summed E-state index contributed by atoms with van der Waals surface area (Å²) >= 11 is 0. The lowest BCUT2D eigenvalue weighted by atomic mass is 10.2. The molecule has 148 valence electrons. The zero-order valence-corrected chi connectivity index (χ0v) is 16.3. The van der Waals surface area contributed by atoms with Gasteiger partial charge in [-0.05, 0) is 61.1 Å². The summed E-state index contributed by atoms with van der Waals surface area (Å²) in [6, 6.07) is 13.3. The van der Waals surface area contributed by atoms with Crippen LogP contribution < -0.4 is 10.6 Å². The number of carbonyl (C=O) groups is 2. The summed E-state index contributed by atoms with van der Waals surface area (Å²) in [5.41, 5.74) is 1.97. The van der Waals surface area contributed by atoms with Crippen molar-refractivity contribution in [2.75, 3.05) is 31.5 Å². The molecule has 2 amide bonds. The van der Waals surface area contributed by atoms with Crippen molar-refractivity contribution in [3.63, 3.8) is 0 Å². The van der Waals surface area contributed by atoms with Crippen LogP contribution in [0.15, 0.2) is 54.6 Å². The van der Waals surface area contributed by atoms with Crippen molar-refractivity contribution >= 4 is 23.6 Å². The van der Waals surface area contributed by atoms with E-state index in [1.54, 1.807) is 54.6 Å². The maximum Gasteiger partial charge on any atom is 0.251 e. The molecule has 0 bridgehead atoms. The maximum atomic E-state index is 12.2. The Morgan fingerprint density at radius 3 is 2.25 bits per heavy atom. The summed E-state index contributed by atoms with van der Waals surface area (Å²) < 4.78 is 0. The van der Waals surface area contributed by atoms with Gasteiger partial charge in [0.15, 0.2) is 0 Å². The van der Waals surface area contributed by atoms with Crippen LogP contribution in [0.3, 0.4) is 0 Å². The van der Waals surface area contributed by atoms with E-state index >= 15 is 0 Å². The molecule has 0 saturated heterocycles. The molecule has 2 aromatic carbocycles. The fourth-order valence-electron chi connectivity index (χ4n) is 2.62. The first-order chi connectivity index (χ1) is 13.5. The van der Waals surface area contributed by atoms with Crippen molar-refractivity contribution in [3.8, 4) is 5.75 Å². The highest BCUT2D eigenvalue weighted by molar-refractivity contribution is 6.02. The topological polar surface area (TPSA) is 81.7 Å². The number of phenolic OH excluding ortho intramolecular Hbond substituents is 1. The molecule has 0 aliphatic heterocycles. The molecule has 6 nitrogen and oxygen atoms in total. The van der Waals surface area contributed by atoms with E-state index in [0.29, 0.717) is 17.8 Å². The van der Waals surface area contributed by atoms with Crippen LogP contribution in [-0.4, -0.2) is 48.0 Å². The second-order valence-electron chi connectivity index (χ2n) is 6.27. The Kier molecular flexibility index (Phi) is 8.24. The molecule has 2 aromatic rings.